The maximum absolute atomic E-state index is 10.8. The van der Waals surface area contributed by atoms with E-state index in [4.69, 9.17) is 14.9 Å². The fraction of sp³-hybridized carbons (Fsp3) is 0.600. The molecule has 0 amide bonds. The number of rotatable bonds is 7. The number of carboxylic acids is 2. The first-order valence-corrected chi connectivity index (χ1v) is 4.87. The van der Waals surface area contributed by atoms with Crippen LogP contribution in [0.25, 0.3) is 0 Å². The molecule has 0 heterocycles. The fourth-order valence-electron chi connectivity index (χ4n) is 1.05. The second kappa shape index (κ2) is 6.86. The van der Waals surface area contributed by atoms with Gasteiger partial charge in [-0.3, -0.25) is 0 Å². The van der Waals surface area contributed by atoms with Crippen LogP contribution in [-0.4, -0.2) is 28.8 Å². The molecule has 0 aliphatic rings. The first kappa shape index (κ1) is 13.5. The summed E-state index contributed by atoms with van der Waals surface area (Å²) >= 11 is 0. The summed E-state index contributed by atoms with van der Waals surface area (Å²) in [7, 11) is 0. The van der Waals surface area contributed by atoms with Crippen molar-refractivity contribution in [1.82, 2.24) is 0 Å². The topological polar surface area (TPSA) is 83.8 Å². The van der Waals surface area contributed by atoms with Gasteiger partial charge in [0.15, 0.2) is 0 Å². The summed E-state index contributed by atoms with van der Waals surface area (Å²) in [5.74, 6) is -2.99. The zero-order valence-corrected chi connectivity index (χ0v) is 8.95. The van der Waals surface area contributed by atoms with Gasteiger partial charge in [-0.1, -0.05) is 20.3 Å². The first-order chi connectivity index (χ1) is 7.04. The van der Waals surface area contributed by atoms with Gasteiger partial charge in [-0.25, -0.2) is 9.59 Å². The molecule has 0 fully saturated rings. The Morgan fingerprint density at radius 2 is 1.67 bits per heavy atom. The highest BCUT2D eigenvalue weighted by molar-refractivity contribution is 5.97. The van der Waals surface area contributed by atoms with E-state index in [1.54, 1.807) is 6.92 Å². The van der Waals surface area contributed by atoms with E-state index in [9.17, 15) is 9.59 Å². The van der Waals surface area contributed by atoms with Crippen LogP contribution in [0.2, 0.25) is 0 Å². The molecule has 0 aromatic rings. The summed E-state index contributed by atoms with van der Waals surface area (Å²) in [6.07, 6.45) is 1.39. The van der Waals surface area contributed by atoms with Gasteiger partial charge in [0.05, 0.1) is 12.2 Å². The Morgan fingerprint density at radius 1 is 1.07 bits per heavy atom. The van der Waals surface area contributed by atoms with Gasteiger partial charge in [-0.15, -0.1) is 0 Å². The van der Waals surface area contributed by atoms with Gasteiger partial charge in [0, 0.05) is 0 Å². The minimum absolute atomic E-state index is 0.168. The van der Waals surface area contributed by atoms with E-state index in [0.29, 0.717) is 12.8 Å². The van der Waals surface area contributed by atoms with Crippen LogP contribution in [0.5, 0.6) is 0 Å². The summed E-state index contributed by atoms with van der Waals surface area (Å²) in [5, 5.41) is 17.6. The fourth-order valence-corrected chi connectivity index (χ4v) is 1.05. The zero-order chi connectivity index (χ0) is 11.8. The van der Waals surface area contributed by atoms with Gasteiger partial charge in [0.2, 0.25) is 5.76 Å². The van der Waals surface area contributed by atoms with Crippen molar-refractivity contribution < 1.29 is 24.5 Å². The summed E-state index contributed by atoms with van der Waals surface area (Å²) in [5.41, 5.74) is -0.168. The lowest BCUT2D eigenvalue weighted by molar-refractivity contribution is -0.139. The van der Waals surface area contributed by atoms with Crippen LogP contribution in [0.3, 0.4) is 0 Å². The van der Waals surface area contributed by atoms with Gasteiger partial charge in [-0.2, -0.15) is 0 Å². The quantitative estimate of drug-likeness (QED) is 0.499. The molecule has 0 atom stereocenters. The first-order valence-electron chi connectivity index (χ1n) is 4.87. The SMILES string of the molecule is CCCO/C(C(=O)O)=C(\CCC)C(=O)O. The Hall–Kier alpha value is -1.52. The van der Waals surface area contributed by atoms with Crippen LogP contribution in [-0.2, 0) is 14.3 Å². The average molecular weight is 216 g/mol. The van der Waals surface area contributed by atoms with Crippen LogP contribution in [0.15, 0.2) is 11.3 Å². The van der Waals surface area contributed by atoms with Gasteiger partial charge >= 0.3 is 11.9 Å². The third kappa shape index (κ3) is 4.49. The van der Waals surface area contributed by atoms with Crippen molar-refractivity contribution in [2.45, 2.75) is 33.1 Å². The van der Waals surface area contributed by atoms with Gasteiger partial charge in [-0.05, 0) is 12.8 Å². The Balaban J connectivity index is 4.96. The molecule has 0 spiro atoms. The van der Waals surface area contributed by atoms with E-state index >= 15 is 0 Å². The van der Waals surface area contributed by atoms with E-state index in [-0.39, 0.29) is 18.6 Å². The van der Waals surface area contributed by atoms with E-state index in [1.165, 1.54) is 0 Å². The van der Waals surface area contributed by atoms with Gasteiger partial charge < -0.3 is 14.9 Å². The lowest BCUT2D eigenvalue weighted by Gasteiger charge is -2.09. The van der Waals surface area contributed by atoms with Crippen molar-refractivity contribution in [2.75, 3.05) is 6.61 Å². The second-order valence-electron chi connectivity index (χ2n) is 3.02. The molecular formula is C10H16O5. The predicted molar refractivity (Wildman–Crippen MR) is 53.4 cm³/mol. The number of ether oxygens (including phenoxy) is 1. The molecule has 0 aromatic carbocycles. The molecule has 0 saturated heterocycles. The molecule has 15 heavy (non-hydrogen) atoms. The van der Waals surface area contributed by atoms with Crippen LogP contribution in [0.1, 0.15) is 33.1 Å². The van der Waals surface area contributed by atoms with Crippen LogP contribution < -0.4 is 0 Å². The molecule has 5 nitrogen and oxygen atoms in total. The minimum atomic E-state index is -1.32. The average Bonchev–Trinajstić information content (AvgIpc) is 2.16. The number of hydrogen-bond acceptors (Lipinski definition) is 3. The molecule has 5 heteroatoms. The third-order valence-corrected chi connectivity index (χ3v) is 1.68. The van der Waals surface area contributed by atoms with Crippen LogP contribution in [0.4, 0.5) is 0 Å². The molecule has 0 bridgehead atoms. The summed E-state index contributed by atoms with van der Waals surface area (Å²) < 4.78 is 4.93. The Kier molecular flexibility index (Phi) is 6.17. The van der Waals surface area contributed by atoms with E-state index in [2.05, 4.69) is 0 Å². The van der Waals surface area contributed by atoms with E-state index < -0.39 is 17.7 Å². The molecule has 0 radical (unpaired) electrons. The maximum atomic E-state index is 10.8. The van der Waals surface area contributed by atoms with Gasteiger partial charge in [0.25, 0.3) is 0 Å². The highest BCUT2D eigenvalue weighted by Crippen LogP contribution is 2.13. The lowest BCUT2D eigenvalue weighted by atomic mass is 10.1. The van der Waals surface area contributed by atoms with Crippen molar-refractivity contribution in [1.29, 1.82) is 0 Å². The molecule has 86 valence electrons. The van der Waals surface area contributed by atoms with Crippen LogP contribution in [0, 0.1) is 0 Å². The monoisotopic (exact) mass is 216 g/mol. The molecule has 0 aromatic heterocycles. The molecular weight excluding hydrogens is 200 g/mol. The third-order valence-electron chi connectivity index (χ3n) is 1.68. The van der Waals surface area contributed by atoms with Gasteiger partial charge in [0.1, 0.15) is 0 Å². The minimum Gasteiger partial charge on any atom is -0.486 e. The summed E-state index contributed by atoms with van der Waals surface area (Å²) in [6, 6.07) is 0. The molecule has 0 rings (SSSR count). The summed E-state index contributed by atoms with van der Waals surface area (Å²) in [6.45, 7) is 3.81. The van der Waals surface area contributed by atoms with E-state index in [1.807, 2.05) is 6.92 Å². The number of aliphatic carboxylic acids is 2. The largest absolute Gasteiger partial charge is 0.486 e. The van der Waals surface area contributed by atoms with Crippen molar-refractivity contribution in [3.63, 3.8) is 0 Å². The summed E-state index contributed by atoms with van der Waals surface area (Å²) in [4.78, 5) is 21.6. The molecule has 0 aliphatic carbocycles. The van der Waals surface area contributed by atoms with Crippen molar-refractivity contribution in [2.24, 2.45) is 0 Å². The van der Waals surface area contributed by atoms with Crippen LogP contribution >= 0.6 is 0 Å². The zero-order valence-electron chi connectivity index (χ0n) is 8.95. The normalized spacial score (nSPS) is 11.9. The Labute approximate surface area is 88.4 Å². The second-order valence-corrected chi connectivity index (χ2v) is 3.02. The number of carboxylic acid groups (broad SMARTS) is 2. The van der Waals surface area contributed by atoms with Crippen molar-refractivity contribution in [3.8, 4) is 0 Å². The molecule has 0 aliphatic heterocycles. The lowest BCUT2D eigenvalue weighted by Crippen LogP contribution is -2.14. The predicted octanol–water partition coefficient (Wildman–Crippen LogP) is 1.64. The highest BCUT2D eigenvalue weighted by Gasteiger charge is 2.20. The molecule has 2 N–H and O–H groups in total. The standard InChI is InChI=1S/C10H16O5/c1-3-5-7(9(11)12)8(10(13)14)15-6-4-2/h3-6H2,1-2H3,(H,11,12)(H,13,14)/b8-7+. The maximum Gasteiger partial charge on any atom is 0.371 e. The highest BCUT2D eigenvalue weighted by atomic mass is 16.5. The smallest absolute Gasteiger partial charge is 0.371 e. The number of hydrogen-bond donors (Lipinski definition) is 2. The molecule has 0 unspecified atom stereocenters. The number of carbonyl (C=O) groups is 2. The van der Waals surface area contributed by atoms with Crippen molar-refractivity contribution in [3.05, 3.63) is 11.3 Å². The van der Waals surface area contributed by atoms with E-state index in [0.717, 1.165) is 0 Å². The molecule has 0 saturated carbocycles. The Bertz CT molecular complexity index is 267. The Morgan fingerprint density at radius 3 is 2.00 bits per heavy atom. The van der Waals surface area contributed by atoms with Crippen molar-refractivity contribution >= 4 is 11.9 Å².